The molecule has 0 aliphatic rings. The van der Waals surface area contributed by atoms with Gasteiger partial charge in [0.1, 0.15) is 5.82 Å². The number of anilines is 1. The largest absolute Gasteiger partial charge is 0.477 e. The summed E-state index contributed by atoms with van der Waals surface area (Å²) in [6, 6.07) is 10.7. The third-order valence-electron chi connectivity index (χ3n) is 2.87. The Morgan fingerprint density at radius 1 is 1.33 bits per heavy atom. The van der Waals surface area contributed by atoms with E-state index in [1.807, 2.05) is 17.0 Å². The van der Waals surface area contributed by atoms with Gasteiger partial charge in [0.05, 0.1) is 12.5 Å². The molecule has 106 valence electrons. The second kappa shape index (κ2) is 7.01. The van der Waals surface area contributed by atoms with Gasteiger partial charge in [0.15, 0.2) is 5.69 Å². The lowest BCUT2D eigenvalue weighted by molar-refractivity contribution is 0.0690. The highest BCUT2D eigenvalue weighted by atomic mass is 16.4. The summed E-state index contributed by atoms with van der Waals surface area (Å²) < 4.78 is 0. The maximum absolute atomic E-state index is 11.0. The molecule has 0 aromatic carbocycles. The highest BCUT2D eigenvalue weighted by Gasteiger charge is 2.12. The van der Waals surface area contributed by atoms with E-state index >= 15 is 0 Å². The van der Waals surface area contributed by atoms with Crippen molar-refractivity contribution in [1.82, 2.24) is 9.97 Å². The van der Waals surface area contributed by atoms with Crippen LogP contribution in [0.5, 0.6) is 0 Å². The van der Waals surface area contributed by atoms with Gasteiger partial charge in [-0.05, 0) is 23.8 Å². The summed E-state index contributed by atoms with van der Waals surface area (Å²) in [5.41, 5.74) is 0.957. The molecule has 2 heterocycles. The lowest BCUT2D eigenvalue weighted by Gasteiger charge is -2.22. The minimum Gasteiger partial charge on any atom is -0.477 e. The molecule has 0 radical (unpaired) electrons. The van der Waals surface area contributed by atoms with E-state index in [-0.39, 0.29) is 5.69 Å². The van der Waals surface area contributed by atoms with E-state index in [0.29, 0.717) is 25.3 Å². The first kappa shape index (κ1) is 14.5. The highest BCUT2D eigenvalue weighted by molar-refractivity contribution is 5.85. The molecule has 0 spiro atoms. The lowest BCUT2D eigenvalue weighted by atomic mass is 10.2. The van der Waals surface area contributed by atoms with Gasteiger partial charge in [-0.3, -0.25) is 4.98 Å². The number of carboxylic acid groups (broad SMARTS) is 1. The van der Waals surface area contributed by atoms with Crippen LogP contribution in [0.3, 0.4) is 0 Å². The van der Waals surface area contributed by atoms with E-state index in [1.165, 1.54) is 6.07 Å². The van der Waals surface area contributed by atoms with Gasteiger partial charge in [0, 0.05) is 25.5 Å². The Hall–Kier alpha value is -2.94. The molecule has 6 heteroatoms. The number of carbonyl (C=O) groups is 1. The van der Waals surface area contributed by atoms with Crippen molar-refractivity contribution in [2.75, 3.05) is 11.4 Å². The summed E-state index contributed by atoms with van der Waals surface area (Å²) in [5, 5.41) is 17.8. The van der Waals surface area contributed by atoms with E-state index in [9.17, 15) is 4.79 Å². The highest BCUT2D eigenvalue weighted by Crippen LogP contribution is 2.15. The van der Waals surface area contributed by atoms with E-state index < -0.39 is 5.97 Å². The van der Waals surface area contributed by atoms with Gasteiger partial charge in [0.2, 0.25) is 0 Å². The predicted octanol–water partition coefficient (Wildman–Crippen LogP) is 2.10. The maximum Gasteiger partial charge on any atom is 0.354 e. The number of carboxylic acids is 1. The van der Waals surface area contributed by atoms with Crippen molar-refractivity contribution in [3.05, 3.63) is 54.0 Å². The first-order chi connectivity index (χ1) is 10.2. The number of aromatic nitrogens is 2. The normalized spacial score (nSPS) is 9.86. The quantitative estimate of drug-likeness (QED) is 0.872. The van der Waals surface area contributed by atoms with Crippen molar-refractivity contribution in [2.24, 2.45) is 0 Å². The number of hydrogen-bond donors (Lipinski definition) is 1. The van der Waals surface area contributed by atoms with Crippen LogP contribution in [0, 0.1) is 11.3 Å². The molecule has 0 saturated carbocycles. The van der Waals surface area contributed by atoms with Crippen molar-refractivity contribution >= 4 is 11.8 Å². The molecule has 0 unspecified atom stereocenters. The number of pyridine rings is 2. The van der Waals surface area contributed by atoms with Crippen LogP contribution in [0.2, 0.25) is 0 Å². The molecule has 0 amide bonds. The zero-order valence-electron chi connectivity index (χ0n) is 11.3. The number of nitrogens with zero attached hydrogens (tertiary/aromatic N) is 4. The van der Waals surface area contributed by atoms with Crippen LogP contribution in [-0.2, 0) is 6.54 Å². The summed E-state index contributed by atoms with van der Waals surface area (Å²) in [5.74, 6) is -0.535. The molecule has 6 nitrogen and oxygen atoms in total. The molecule has 21 heavy (non-hydrogen) atoms. The Kier molecular flexibility index (Phi) is 4.83. The predicted molar refractivity (Wildman–Crippen MR) is 76.7 cm³/mol. The number of nitriles is 1. The summed E-state index contributed by atoms with van der Waals surface area (Å²) in [4.78, 5) is 21.0. The summed E-state index contributed by atoms with van der Waals surface area (Å²) >= 11 is 0. The SMILES string of the molecule is N#CCCN(Cc1cccnc1)c1cccc(C(=O)O)n1. The van der Waals surface area contributed by atoms with Crippen LogP contribution in [0.15, 0.2) is 42.7 Å². The van der Waals surface area contributed by atoms with Crippen LogP contribution in [0.25, 0.3) is 0 Å². The van der Waals surface area contributed by atoms with Crippen molar-refractivity contribution in [3.8, 4) is 6.07 Å². The van der Waals surface area contributed by atoms with Crippen LogP contribution < -0.4 is 4.90 Å². The topological polar surface area (TPSA) is 90.1 Å². The van der Waals surface area contributed by atoms with E-state index in [4.69, 9.17) is 10.4 Å². The Labute approximate surface area is 122 Å². The first-order valence-electron chi connectivity index (χ1n) is 6.42. The molecular weight excluding hydrogens is 268 g/mol. The molecule has 1 N–H and O–H groups in total. The van der Waals surface area contributed by atoms with Crippen LogP contribution in [0.4, 0.5) is 5.82 Å². The Morgan fingerprint density at radius 3 is 2.86 bits per heavy atom. The smallest absolute Gasteiger partial charge is 0.354 e. The molecule has 0 fully saturated rings. The Balaban J connectivity index is 2.25. The second-order valence-electron chi connectivity index (χ2n) is 4.38. The maximum atomic E-state index is 11.0. The molecule has 0 aliphatic heterocycles. The number of hydrogen-bond acceptors (Lipinski definition) is 5. The van der Waals surface area contributed by atoms with E-state index in [1.54, 1.807) is 24.5 Å². The Bertz CT molecular complexity index is 652. The third-order valence-corrected chi connectivity index (χ3v) is 2.87. The fourth-order valence-corrected chi connectivity index (χ4v) is 1.89. The zero-order valence-corrected chi connectivity index (χ0v) is 11.3. The van der Waals surface area contributed by atoms with Gasteiger partial charge < -0.3 is 10.0 Å². The van der Waals surface area contributed by atoms with Crippen LogP contribution >= 0.6 is 0 Å². The molecular formula is C15H14N4O2. The Morgan fingerprint density at radius 2 is 2.19 bits per heavy atom. The van der Waals surface area contributed by atoms with Crippen LogP contribution in [-0.4, -0.2) is 27.6 Å². The average Bonchev–Trinajstić information content (AvgIpc) is 2.52. The standard InChI is InChI=1S/C15H14N4O2/c16-7-3-9-19(11-12-4-2-8-17-10-12)14-6-1-5-13(18-14)15(20)21/h1-2,4-6,8,10H,3,9,11H2,(H,20,21). The van der Waals surface area contributed by atoms with Crippen molar-refractivity contribution in [1.29, 1.82) is 5.26 Å². The fraction of sp³-hybridized carbons (Fsp3) is 0.200. The summed E-state index contributed by atoms with van der Waals surface area (Å²) in [6.07, 6.45) is 3.76. The zero-order chi connectivity index (χ0) is 15.1. The molecule has 0 aliphatic carbocycles. The van der Waals surface area contributed by atoms with Crippen molar-refractivity contribution < 1.29 is 9.90 Å². The van der Waals surface area contributed by atoms with Gasteiger partial charge >= 0.3 is 5.97 Å². The summed E-state index contributed by atoms with van der Waals surface area (Å²) in [6.45, 7) is 0.993. The fourth-order valence-electron chi connectivity index (χ4n) is 1.89. The van der Waals surface area contributed by atoms with E-state index in [0.717, 1.165) is 5.56 Å². The molecule has 0 bridgehead atoms. The number of rotatable bonds is 6. The molecule has 0 saturated heterocycles. The van der Waals surface area contributed by atoms with Crippen LogP contribution in [0.1, 0.15) is 22.5 Å². The molecule has 2 aromatic rings. The van der Waals surface area contributed by atoms with Gasteiger partial charge in [-0.15, -0.1) is 0 Å². The van der Waals surface area contributed by atoms with Gasteiger partial charge in [-0.2, -0.15) is 5.26 Å². The first-order valence-corrected chi connectivity index (χ1v) is 6.42. The molecule has 2 aromatic heterocycles. The summed E-state index contributed by atoms with van der Waals surface area (Å²) in [7, 11) is 0. The van der Waals surface area contributed by atoms with Gasteiger partial charge in [0.25, 0.3) is 0 Å². The number of aromatic carboxylic acids is 1. The van der Waals surface area contributed by atoms with Gasteiger partial charge in [-0.25, -0.2) is 9.78 Å². The molecule has 2 rings (SSSR count). The monoisotopic (exact) mass is 282 g/mol. The minimum absolute atomic E-state index is 0.0133. The average molecular weight is 282 g/mol. The van der Waals surface area contributed by atoms with Gasteiger partial charge in [-0.1, -0.05) is 12.1 Å². The lowest BCUT2D eigenvalue weighted by Crippen LogP contribution is -2.25. The van der Waals surface area contributed by atoms with E-state index in [2.05, 4.69) is 16.0 Å². The van der Waals surface area contributed by atoms with Crippen molar-refractivity contribution in [2.45, 2.75) is 13.0 Å². The third kappa shape index (κ3) is 4.01. The second-order valence-corrected chi connectivity index (χ2v) is 4.38. The molecule has 0 atom stereocenters. The minimum atomic E-state index is -1.07. The van der Waals surface area contributed by atoms with Crippen molar-refractivity contribution in [3.63, 3.8) is 0 Å².